The highest BCUT2D eigenvalue weighted by Crippen LogP contribution is 2.08. The number of hydrogen-bond donors (Lipinski definition) is 1. The molecule has 0 aromatic heterocycles. The molecule has 0 radical (unpaired) electrons. The van der Waals surface area contributed by atoms with E-state index in [4.69, 9.17) is 4.74 Å². The molecule has 8 nitrogen and oxygen atoms in total. The number of rotatable bonds is 7. The number of nitrogens with one attached hydrogen (secondary N) is 1. The summed E-state index contributed by atoms with van der Waals surface area (Å²) in [7, 11) is 1.13. The Balaban J connectivity index is 4.65. The van der Waals surface area contributed by atoms with E-state index >= 15 is 0 Å². The summed E-state index contributed by atoms with van der Waals surface area (Å²) < 4.78 is 14.2. The minimum Gasteiger partial charge on any atom is -0.467 e. The SMILES string of the molecule is CCOC(=O)CC(=O)C[C@H](NC(=O)OC(C)(C)C)C(=O)OC. The van der Waals surface area contributed by atoms with Crippen LogP contribution in [0.4, 0.5) is 4.79 Å². The van der Waals surface area contributed by atoms with Gasteiger partial charge in [-0.15, -0.1) is 0 Å². The van der Waals surface area contributed by atoms with Gasteiger partial charge in [-0.05, 0) is 27.7 Å². The Morgan fingerprint density at radius 1 is 1.14 bits per heavy atom. The van der Waals surface area contributed by atoms with E-state index in [0.717, 1.165) is 7.11 Å². The molecule has 126 valence electrons. The highest BCUT2D eigenvalue weighted by atomic mass is 16.6. The minimum atomic E-state index is -1.22. The van der Waals surface area contributed by atoms with Crippen molar-refractivity contribution in [3.63, 3.8) is 0 Å². The van der Waals surface area contributed by atoms with Gasteiger partial charge in [0.15, 0.2) is 0 Å². The maximum atomic E-state index is 11.7. The van der Waals surface area contributed by atoms with Gasteiger partial charge in [-0.1, -0.05) is 0 Å². The number of amides is 1. The molecular formula is C14H23NO7. The first-order chi connectivity index (χ1) is 10.1. The topological polar surface area (TPSA) is 108 Å². The molecule has 1 atom stereocenters. The minimum absolute atomic E-state index is 0.155. The number of hydrogen-bond acceptors (Lipinski definition) is 7. The number of Topliss-reactive ketones (excluding diaryl/α,β-unsaturated/α-hetero) is 1. The molecule has 1 N–H and O–H groups in total. The van der Waals surface area contributed by atoms with Crippen molar-refractivity contribution in [2.24, 2.45) is 0 Å². The van der Waals surface area contributed by atoms with Crippen LogP contribution in [0.15, 0.2) is 0 Å². The lowest BCUT2D eigenvalue weighted by atomic mass is 10.1. The highest BCUT2D eigenvalue weighted by Gasteiger charge is 2.28. The summed E-state index contributed by atoms with van der Waals surface area (Å²) in [5.41, 5.74) is -0.750. The number of ether oxygens (including phenoxy) is 3. The van der Waals surface area contributed by atoms with Crippen LogP contribution < -0.4 is 5.32 Å². The first-order valence-corrected chi connectivity index (χ1v) is 6.83. The van der Waals surface area contributed by atoms with E-state index in [-0.39, 0.29) is 13.0 Å². The molecule has 0 aliphatic carbocycles. The molecule has 0 saturated carbocycles. The standard InChI is InChI=1S/C14H23NO7/c1-6-21-11(17)8-9(16)7-10(12(18)20-5)15-13(19)22-14(2,3)4/h10H,6-8H2,1-5H3,(H,15,19)/t10-/m0/s1. The molecule has 0 saturated heterocycles. The summed E-state index contributed by atoms with van der Waals surface area (Å²) in [6, 6.07) is -1.22. The Bertz CT molecular complexity index is 425. The number of carbonyl (C=O) groups is 4. The van der Waals surface area contributed by atoms with Crippen molar-refractivity contribution >= 4 is 23.8 Å². The normalized spacial score (nSPS) is 12.0. The molecule has 0 aromatic carbocycles. The average Bonchev–Trinajstić information content (AvgIpc) is 2.34. The van der Waals surface area contributed by atoms with E-state index in [1.807, 2.05) is 0 Å². The first kappa shape index (κ1) is 19.9. The van der Waals surface area contributed by atoms with E-state index in [9.17, 15) is 19.2 Å². The third-order valence-electron chi connectivity index (χ3n) is 2.26. The first-order valence-electron chi connectivity index (χ1n) is 6.83. The second kappa shape index (κ2) is 9.01. The molecule has 0 aliphatic heterocycles. The van der Waals surface area contributed by atoms with E-state index in [2.05, 4.69) is 14.8 Å². The van der Waals surface area contributed by atoms with Crippen LogP contribution >= 0.6 is 0 Å². The van der Waals surface area contributed by atoms with Crippen LogP contribution in [-0.4, -0.2) is 49.2 Å². The monoisotopic (exact) mass is 317 g/mol. The largest absolute Gasteiger partial charge is 0.467 e. The molecule has 8 heteroatoms. The Labute approximate surface area is 129 Å². The summed E-state index contributed by atoms with van der Waals surface area (Å²) in [6.07, 6.45) is -1.71. The third kappa shape index (κ3) is 8.93. The summed E-state index contributed by atoms with van der Waals surface area (Å²) >= 11 is 0. The second-order valence-electron chi connectivity index (χ2n) is 5.45. The maximum absolute atomic E-state index is 11.7. The molecule has 0 spiro atoms. The number of esters is 2. The van der Waals surface area contributed by atoms with Crippen molar-refractivity contribution in [2.45, 2.75) is 52.2 Å². The molecule has 1 amide bonds. The fraction of sp³-hybridized carbons (Fsp3) is 0.714. The Morgan fingerprint density at radius 3 is 2.18 bits per heavy atom. The fourth-order valence-electron chi connectivity index (χ4n) is 1.46. The molecule has 0 unspecified atom stereocenters. The molecule has 0 fully saturated rings. The molecule has 0 rings (SSSR count). The third-order valence-corrected chi connectivity index (χ3v) is 2.26. The van der Waals surface area contributed by atoms with E-state index in [1.54, 1.807) is 27.7 Å². The van der Waals surface area contributed by atoms with Crippen LogP contribution in [0.1, 0.15) is 40.5 Å². The van der Waals surface area contributed by atoms with Gasteiger partial charge in [-0.3, -0.25) is 9.59 Å². The van der Waals surface area contributed by atoms with E-state index < -0.39 is 41.9 Å². The lowest BCUT2D eigenvalue weighted by Crippen LogP contribution is -2.45. The maximum Gasteiger partial charge on any atom is 0.408 e. The van der Waals surface area contributed by atoms with Crippen LogP contribution in [0.25, 0.3) is 0 Å². The molecule has 0 bridgehead atoms. The van der Waals surface area contributed by atoms with Crippen LogP contribution in [0, 0.1) is 0 Å². The molecule has 22 heavy (non-hydrogen) atoms. The lowest BCUT2D eigenvalue weighted by molar-refractivity contribution is -0.148. The zero-order valence-electron chi connectivity index (χ0n) is 13.6. The summed E-state index contributed by atoms with van der Waals surface area (Å²) in [6.45, 7) is 6.75. The van der Waals surface area contributed by atoms with Gasteiger partial charge in [0, 0.05) is 6.42 Å². The number of ketones is 1. The van der Waals surface area contributed by atoms with Crippen LogP contribution in [0.2, 0.25) is 0 Å². The van der Waals surface area contributed by atoms with Gasteiger partial charge >= 0.3 is 18.0 Å². The predicted molar refractivity (Wildman–Crippen MR) is 76.0 cm³/mol. The molecular weight excluding hydrogens is 294 g/mol. The fourth-order valence-corrected chi connectivity index (χ4v) is 1.46. The summed E-state index contributed by atoms with van der Waals surface area (Å²) in [5.74, 6) is -2.04. The van der Waals surface area contributed by atoms with Crippen molar-refractivity contribution < 1.29 is 33.4 Å². The smallest absolute Gasteiger partial charge is 0.408 e. The van der Waals surface area contributed by atoms with Crippen molar-refractivity contribution in [2.75, 3.05) is 13.7 Å². The van der Waals surface area contributed by atoms with Gasteiger partial charge in [-0.2, -0.15) is 0 Å². The molecule has 0 aliphatic rings. The van der Waals surface area contributed by atoms with Crippen molar-refractivity contribution in [1.82, 2.24) is 5.32 Å². The number of carbonyl (C=O) groups excluding carboxylic acids is 4. The zero-order chi connectivity index (χ0) is 17.3. The van der Waals surface area contributed by atoms with Crippen molar-refractivity contribution in [1.29, 1.82) is 0 Å². The number of methoxy groups -OCH3 is 1. The molecule has 0 heterocycles. The lowest BCUT2D eigenvalue weighted by Gasteiger charge is -2.22. The Kier molecular flexibility index (Phi) is 8.14. The van der Waals surface area contributed by atoms with Gasteiger partial charge < -0.3 is 19.5 Å². The molecule has 0 aromatic rings. The van der Waals surface area contributed by atoms with Crippen LogP contribution in [0.3, 0.4) is 0 Å². The van der Waals surface area contributed by atoms with Crippen LogP contribution in [0.5, 0.6) is 0 Å². The summed E-state index contributed by atoms with van der Waals surface area (Å²) in [4.78, 5) is 46.2. The Hall–Kier alpha value is -2.12. The highest BCUT2D eigenvalue weighted by molar-refractivity contribution is 5.98. The van der Waals surface area contributed by atoms with Crippen molar-refractivity contribution in [3.05, 3.63) is 0 Å². The van der Waals surface area contributed by atoms with Gasteiger partial charge in [0.25, 0.3) is 0 Å². The van der Waals surface area contributed by atoms with Gasteiger partial charge in [0.2, 0.25) is 0 Å². The van der Waals surface area contributed by atoms with Crippen LogP contribution in [-0.2, 0) is 28.6 Å². The zero-order valence-corrected chi connectivity index (χ0v) is 13.6. The quantitative estimate of drug-likeness (QED) is 0.423. The Morgan fingerprint density at radius 2 is 1.73 bits per heavy atom. The van der Waals surface area contributed by atoms with Gasteiger partial charge in [-0.25, -0.2) is 9.59 Å². The predicted octanol–water partition coefficient (Wildman–Crippen LogP) is 0.965. The van der Waals surface area contributed by atoms with Gasteiger partial charge in [0.1, 0.15) is 23.8 Å². The average molecular weight is 317 g/mol. The van der Waals surface area contributed by atoms with E-state index in [1.165, 1.54) is 0 Å². The second-order valence-corrected chi connectivity index (χ2v) is 5.45. The summed E-state index contributed by atoms with van der Waals surface area (Å²) in [5, 5.41) is 2.25. The van der Waals surface area contributed by atoms with E-state index in [0.29, 0.717) is 0 Å². The van der Waals surface area contributed by atoms with Gasteiger partial charge in [0.05, 0.1) is 13.7 Å². The van der Waals surface area contributed by atoms with Crippen molar-refractivity contribution in [3.8, 4) is 0 Å². The number of alkyl carbamates (subject to hydrolysis) is 1.